The maximum absolute atomic E-state index is 9.02. The van der Waals surface area contributed by atoms with Gasteiger partial charge in [-0.15, -0.1) is 0 Å². The highest BCUT2D eigenvalue weighted by Gasteiger charge is 2.14. The van der Waals surface area contributed by atoms with E-state index < -0.39 is 0 Å². The SMILES string of the molecule is C=C/C=C\C(=C/C)c1c(-c2cc(C#N)ccn2)ncn1C.CC. The first-order valence-electron chi connectivity index (χ1n) is 7.55. The number of aromatic nitrogens is 3. The first kappa shape index (κ1) is 18.1. The predicted octanol–water partition coefficient (Wildman–Crippen LogP) is 4.53. The molecule has 2 heterocycles. The lowest BCUT2D eigenvalue weighted by Crippen LogP contribution is -1.96. The number of hydrogen-bond acceptors (Lipinski definition) is 3. The van der Waals surface area contributed by atoms with E-state index >= 15 is 0 Å². The first-order valence-corrected chi connectivity index (χ1v) is 7.55. The van der Waals surface area contributed by atoms with Crippen LogP contribution in [-0.2, 0) is 7.05 Å². The standard InChI is InChI=1S/C17H16N4.C2H6/c1-4-6-7-14(5-2)17-16(20-12-21(17)3)15-10-13(11-18)8-9-19-15;1-2/h4-10,12H,1H2,2-3H3;1-2H3/b7-6-,14-5+;. The summed E-state index contributed by atoms with van der Waals surface area (Å²) in [6, 6.07) is 5.55. The Morgan fingerprint density at radius 2 is 2.09 bits per heavy atom. The molecule has 4 nitrogen and oxygen atoms in total. The number of hydrogen-bond donors (Lipinski definition) is 0. The van der Waals surface area contributed by atoms with E-state index in [-0.39, 0.29) is 0 Å². The van der Waals surface area contributed by atoms with Gasteiger partial charge in [0.1, 0.15) is 5.69 Å². The molecule has 0 aliphatic heterocycles. The van der Waals surface area contributed by atoms with Crippen LogP contribution < -0.4 is 0 Å². The first-order chi connectivity index (χ1) is 11.2. The number of rotatable bonds is 4. The van der Waals surface area contributed by atoms with Crippen LogP contribution in [0.5, 0.6) is 0 Å². The summed E-state index contributed by atoms with van der Waals surface area (Å²) in [6.45, 7) is 9.66. The van der Waals surface area contributed by atoms with Crippen molar-refractivity contribution < 1.29 is 0 Å². The van der Waals surface area contributed by atoms with Crippen LogP contribution in [0, 0.1) is 11.3 Å². The normalized spacial score (nSPS) is 10.8. The van der Waals surface area contributed by atoms with Crippen LogP contribution in [0.2, 0.25) is 0 Å². The van der Waals surface area contributed by atoms with Crippen molar-refractivity contribution >= 4 is 5.57 Å². The van der Waals surface area contributed by atoms with Gasteiger partial charge in [-0.05, 0) is 24.6 Å². The average molecular weight is 306 g/mol. The molecule has 0 amide bonds. The third kappa shape index (κ3) is 4.27. The summed E-state index contributed by atoms with van der Waals surface area (Å²) in [5.41, 5.74) is 4.00. The molecule has 0 aliphatic carbocycles. The Morgan fingerprint density at radius 1 is 1.35 bits per heavy atom. The summed E-state index contributed by atoms with van der Waals surface area (Å²) in [5, 5.41) is 9.02. The molecule has 0 aliphatic rings. The largest absolute Gasteiger partial charge is 0.333 e. The zero-order valence-electron chi connectivity index (χ0n) is 14.1. The molecular formula is C19H22N4. The van der Waals surface area contributed by atoms with Crippen molar-refractivity contribution in [1.29, 1.82) is 5.26 Å². The van der Waals surface area contributed by atoms with Gasteiger partial charge in [-0.3, -0.25) is 4.98 Å². The summed E-state index contributed by atoms with van der Waals surface area (Å²) in [5.74, 6) is 0. The van der Waals surface area contributed by atoms with E-state index in [9.17, 15) is 0 Å². The third-order valence-corrected chi connectivity index (χ3v) is 3.07. The number of imidazole rings is 1. The zero-order chi connectivity index (χ0) is 17.2. The molecule has 0 unspecified atom stereocenters. The summed E-state index contributed by atoms with van der Waals surface area (Å²) in [4.78, 5) is 8.76. The molecule has 4 heteroatoms. The topological polar surface area (TPSA) is 54.5 Å². The minimum absolute atomic E-state index is 0.570. The highest BCUT2D eigenvalue weighted by atomic mass is 15.0. The van der Waals surface area contributed by atoms with Gasteiger partial charge in [0.05, 0.1) is 29.3 Å². The number of nitriles is 1. The van der Waals surface area contributed by atoms with Gasteiger partial charge in [0.15, 0.2) is 0 Å². The number of pyridine rings is 1. The summed E-state index contributed by atoms with van der Waals surface area (Å²) >= 11 is 0. The van der Waals surface area contributed by atoms with Crippen LogP contribution in [0.1, 0.15) is 32.0 Å². The van der Waals surface area contributed by atoms with Crippen LogP contribution in [0.3, 0.4) is 0 Å². The molecule has 0 spiro atoms. The average Bonchev–Trinajstić information content (AvgIpc) is 2.99. The molecule has 23 heavy (non-hydrogen) atoms. The minimum Gasteiger partial charge on any atom is -0.333 e. The van der Waals surface area contributed by atoms with Crippen molar-refractivity contribution in [2.24, 2.45) is 7.05 Å². The Kier molecular flexibility index (Phi) is 7.22. The van der Waals surface area contributed by atoms with Gasteiger partial charge >= 0.3 is 0 Å². The quantitative estimate of drug-likeness (QED) is 0.780. The van der Waals surface area contributed by atoms with Gasteiger partial charge in [0.25, 0.3) is 0 Å². The van der Waals surface area contributed by atoms with Crippen LogP contribution in [0.15, 0.2) is 55.5 Å². The molecule has 2 rings (SSSR count). The van der Waals surface area contributed by atoms with Gasteiger partial charge in [-0.2, -0.15) is 5.26 Å². The molecule has 0 fully saturated rings. The van der Waals surface area contributed by atoms with Gasteiger partial charge < -0.3 is 4.57 Å². The van der Waals surface area contributed by atoms with Crippen LogP contribution >= 0.6 is 0 Å². The second kappa shape index (κ2) is 9.16. The lowest BCUT2D eigenvalue weighted by Gasteiger charge is -2.07. The zero-order valence-corrected chi connectivity index (χ0v) is 14.1. The lowest BCUT2D eigenvalue weighted by atomic mass is 10.1. The lowest BCUT2D eigenvalue weighted by molar-refractivity contribution is 0.898. The van der Waals surface area contributed by atoms with Crippen molar-refractivity contribution in [3.8, 4) is 17.5 Å². The van der Waals surface area contributed by atoms with Crippen molar-refractivity contribution in [3.05, 3.63) is 66.8 Å². The molecule has 0 atom stereocenters. The molecule has 0 saturated carbocycles. The van der Waals surface area contributed by atoms with Gasteiger partial charge in [0, 0.05) is 13.2 Å². The second-order valence-corrected chi connectivity index (χ2v) is 4.43. The van der Waals surface area contributed by atoms with E-state index in [0.717, 1.165) is 17.0 Å². The molecule has 118 valence electrons. The molecule has 0 saturated heterocycles. The van der Waals surface area contributed by atoms with Gasteiger partial charge in [-0.1, -0.05) is 44.7 Å². The highest BCUT2D eigenvalue weighted by molar-refractivity contribution is 5.81. The summed E-state index contributed by atoms with van der Waals surface area (Å²) in [7, 11) is 1.94. The Balaban J connectivity index is 0.00000127. The van der Waals surface area contributed by atoms with Crippen molar-refractivity contribution in [1.82, 2.24) is 14.5 Å². The van der Waals surface area contributed by atoms with E-state index in [1.54, 1.807) is 30.7 Å². The Labute approximate surface area is 138 Å². The Morgan fingerprint density at radius 3 is 2.70 bits per heavy atom. The highest BCUT2D eigenvalue weighted by Crippen LogP contribution is 2.27. The van der Waals surface area contributed by atoms with Crippen molar-refractivity contribution in [3.63, 3.8) is 0 Å². The number of allylic oxidation sites excluding steroid dienone is 5. The minimum atomic E-state index is 0.570. The fourth-order valence-electron chi connectivity index (χ4n) is 2.07. The van der Waals surface area contributed by atoms with Crippen LogP contribution in [0.25, 0.3) is 17.0 Å². The number of aryl methyl sites for hydroxylation is 1. The van der Waals surface area contributed by atoms with Gasteiger partial charge in [0.2, 0.25) is 0 Å². The fraction of sp³-hybridized carbons (Fsp3) is 0.211. The molecule has 0 radical (unpaired) electrons. The monoisotopic (exact) mass is 306 g/mol. The Bertz CT molecular complexity index is 758. The predicted molar refractivity (Wildman–Crippen MR) is 95.5 cm³/mol. The third-order valence-electron chi connectivity index (χ3n) is 3.07. The fourth-order valence-corrected chi connectivity index (χ4v) is 2.07. The van der Waals surface area contributed by atoms with E-state index in [4.69, 9.17) is 5.26 Å². The molecule has 0 bridgehead atoms. The van der Waals surface area contributed by atoms with E-state index in [1.165, 1.54) is 0 Å². The smallest absolute Gasteiger partial charge is 0.115 e. The van der Waals surface area contributed by atoms with Crippen molar-refractivity contribution in [2.75, 3.05) is 0 Å². The van der Waals surface area contributed by atoms with Crippen molar-refractivity contribution in [2.45, 2.75) is 20.8 Å². The van der Waals surface area contributed by atoms with E-state index in [2.05, 4.69) is 22.6 Å². The molecule has 2 aromatic rings. The van der Waals surface area contributed by atoms with Crippen LogP contribution in [-0.4, -0.2) is 14.5 Å². The molecule has 0 aromatic carbocycles. The van der Waals surface area contributed by atoms with Gasteiger partial charge in [-0.25, -0.2) is 4.98 Å². The maximum Gasteiger partial charge on any atom is 0.115 e. The molecule has 0 N–H and O–H groups in total. The van der Waals surface area contributed by atoms with Crippen LogP contribution in [0.4, 0.5) is 0 Å². The van der Waals surface area contributed by atoms with E-state index in [1.807, 2.05) is 50.6 Å². The van der Waals surface area contributed by atoms with E-state index in [0.29, 0.717) is 11.3 Å². The number of nitrogens with zero attached hydrogens (tertiary/aromatic N) is 4. The molecule has 2 aromatic heterocycles. The summed E-state index contributed by atoms with van der Waals surface area (Å²) in [6.07, 6.45) is 11.0. The second-order valence-electron chi connectivity index (χ2n) is 4.43. The summed E-state index contributed by atoms with van der Waals surface area (Å²) < 4.78 is 1.94. The molecular weight excluding hydrogens is 284 g/mol. The Hall–Kier alpha value is -2.93. The maximum atomic E-state index is 9.02.